The average Bonchev–Trinajstić information content (AvgIpc) is 3.26. The van der Waals surface area contributed by atoms with Gasteiger partial charge in [0.2, 0.25) is 0 Å². The predicted octanol–water partition coefficient (Wildman–Crippen LogP) is 4.70. The van der Waals surface area contributed by atoms with Crippen molar-refractivity contribution in [3.63, 3.8) is 0 Å². The summed E-state index contributed by atoms with van der Waals surface area (Å²) in [5.74, 6) is 0.746. The average molecular weight is 509 g/mol. The molecule has 0 aliphatic carbocycles. The molecule has 0 atom stereocenters. The third-order valence-electron chi connectivity index (χ3n) is 6.71. The number of urea groups is 1. The quantitative estimate of drug-likeness (QED) is 0.492. The molecule has 11 heteroatoms. The molecular weight excluding hydrogens is 484 g/mol. The number of nitrogens with zero attached hydrogens (tertiary/aromatic N) is 2. The van der Waals surface area contributed by atoms with Gasteiger partial charge in [-0.15, -0.1) is 16.2 Å². The summed E-state index contributed by atoms with van der Waals surface area (Å²) >= 11 is 1.28. The second-order valence-corrected chi connectivity index (χ2v) is 9.82. The van der Waals surface area contributed by atoms with Gasteiger partial charge in [-0.05, 0) is 29.4 Å². The van der Waals surface area contributed by atoms with E-state index in [1.807, 2.05) is 18.2 Å². The minimum Gasteiger partial charge on any atom is -0.495 e. The Morgan fingerprint density at radius 3 is 2.67 bits per heavy atom. The lowest BCUT2D eigenvalue weighted by Crippen LogP contribution is -2.52. The fourth-order valence-electron chi connectivity index (χ4n) is 4.81. The first-order chi connectivity index (χ1) is 17.4. The number of rotatable bonds is 4. The first-order valence-electron chi connectivity index (χ1n) is 11.4. The maximum absolute atomic E-state index is 13.7. The highest BCUT2D eigenvalue weighted by Crippen LogP contribution is 2.43. The summed E-state index contributed by atoms with van der Waals surface area (Å²) in [7, 11) is 3.07. The van der Waals surface area contributed by atoms with Crippen molar-refractivity contribution >= 4 is 49.8 Å². The van der Waals surface area contributed by atoms with E-state index in [-0.39, 0.29) is 23.8 Å². The maximum atomic E-state index is 13.7. The Balaban J connectivity index is 1.40. The van der Waals surface area contributed by atoms with Crippen LogP contribution in [0.25, 0.3) is 10.1 Å². The molecule has 0 saturated carbocycles. The highest BCUT2D eigenvalue weighted by Gasteiger charge is 2.44. The fraction of sp³-hybridized carbons (Fsp3) is 0.320. The van der Waals surface area contributed by atoms with Gasteiger partial charge in [-0.25, -0.2) is 4.79 Å². The van der Waals surface area contributed by atoms with E-state index in [1.165, 1.54) is 30.5 Å². The lowest BCUT2D eigenvalue weighted by atomic mass is 9.82. The number of benzene rings is 2. The minimum atomic E-state index is -0.708. The number of nitroso groups, excluding NO2 is 1. The van der Waals surface area contributed by atoms with E-state index < -0.39 is 11.6 Å². The van der Waals surface area contributed by atoms with Crippen LogP contribution in [0.1, 0.15) is 40.0 Å². The number of ketones is 1. The van der Waals surface area contributed by atoms with Gasteiger partial charge in [0.05, 0.1) is 29.4 Å². The molecule has 3 amide bonds. The standard InChI is InChI=1S/C25H24N4O6S/c1-26-24(32)27-22-20(15-4-3-5-19(34-2)21(15)36-22)23(31)29-10-8-25(9-11-29)13-17(30)16-12-14(28-33)6-7-18(16)35-25/h3-7,12H,8-11,13H2,1-2H3,(H2,26,27,32). The summed E-state index contributed by atoms with van der Waals surface area (Å²) in [6.07, 6.45) is 1.12. The van der Waals surface area contributed by atoms with Crippen molar-refractivity contribution in [2.45, 2.75) is 24.9 Å². The zero-order valence-corrected chi connectivity index (χ0v) is 20.6. The normalized spacial score (nSPS) is 16.3. The van der Waals surface area contributed by atoms with Crippen molar-refractivity contribution in [1.82, 2.24) is 10.2 Å². The monoisotopic (exact) mass is 508 g/mol. The Bertz CT molecular complexity index is 1390. The number of fused-ring (bicyclic) bond motifs is 2. The van der Waals surface area contributed by atoms with Crippen molar-refractivity contribution in [3.8, 4) is 11.5 Å². The van der Waals surface area contributed by atoms with Crippen LogP contribution in [-0.4, -0.2) is 55.5 Å². The number of anilines is 1. The molecule has 2 aliphatic rings. The zero-order valence-electron chi connectivity index (χ0n) is 19.8. The molecule has 0 radical (unpaired) electrons. The number of ether oxygens (including phenoxy) is 2. The van der Waals surface area contributed by atoms with E-state index in [2.05, 4.69) is 15.8 Å². The summed E-state index contributed by atoms with van der Waals surface area (Å²) in [6.45, 7) is 0.770. The zero-order chi connectivity index (χ0) is 25.4. The minimum absolute atomic E-state index is 0.102. The van der Waals surface area contributed by atoms with Gasteiger partial charge in [-0.3, -0.25) is 14.9 Å². The van der Waals surface area contributed by atoms with Gasteiger partial charge in [0.15, 0.2) is 5.78 Å². The van der Waals surface area contributed by atoms with E-state index in [4.69, 9.17) is 9.47 Å². The predicted molar refractivity (Wildman–Crippen MR) is 136 cm³/mol. The van der Waals surface area contributed by atoms with Crippen LogP contribution in [0.4, 0.5) is 15.5 Å². The largest absolute Gasteiger partial charge is 0.495 e. The van der Waals surface area contributed by atoms with Gasteiger partial charge in [-0.2, -0.15) is 0 Å². The molecule has 2 aliphatic heterocycles. The number of thiophene rings is 1. The van der Waals surface area contributed by atoms with E-state index in [0.717, 1.165) is 4.70 Å². The molecule has 1 aromatic heterocycles. The molecule has 0 bridgehead atoms. The van der Waals surface area contributed by atoms with Crippen LogP contribution in [0.3, 0.4) is 0 Å². The summed E-state index contributed by atoms with van der Waals surface area (Å²) in [6, 6.07) is 9.61. The topological polar surface area (TPSA) is 126 Å². The third kappa shape index (κ3) is 4.05. The number of carbonyl (C=O) groups excluding carboxylic acids is 3. The molecule has 5 rings (SSSR count). The first-order valence-corrected chi connectivity index (χ1v) is 12.3. The van der Waals surface area contributed by atoms with Gasteiger partial charge < -0.3 is 19.7 Å². The van der Waals surface area contributed by atoms with Crippen LogP contribution in [0, 0.1) is 4.91 Å². The highest BCUT2D eigenvalue weighted by atomic mass is 32.1. The summed E-state index contributed by atoms with van der Waals surface area (Å²) < 4.78 is 12.5. The lowest BCUT2D eigenvalue weighted by molar-refractivity contribution is -0.00561. The molecule has 2 aromatic carbocycles. The molecule has 3 aromatic rings. The molecule has 0 unspecified atom stereocenters. The Kier molecular flexibility index (Phi) is 6.09. The van der Waals surface area contributed by atoms with Crippen LogP contribution in [0.5, 0.6) is 11.5 Å². The SMILES string of the molecule is CNC(=O)Nc1sc2c(OC)cccc2c1C(=O)N1CCC2(CC1)CC(=O)c1cc(N=O)ccc1O2. The number of piperidine rings is 1. The Morgan fingerprint density at radius 2 is 1.97 bits per heavy atom. The molecule has 2 N–H and O–H groups in total. The summed E-state index contributed by atoms with van der Waals surface area (Å²) in [4.78, 5) is 51.3. The Labute approximate surface area is 210 Å². The van der Waals surface area contributed by atoms with Crippen molar-refractivity contribution in [2.75, 3.05) is 32.6 Å². The number of nitrogens with one attached hydrogen (secondary N) is 2. The first kappa shape index (κ1) is 23.7. The maximum Gasteiger partial charge on any atom is 0.319 e. The second-order valence-electron chi connectivity index (χ2n) is 8.80. The Hall–Kier alpha value is -3.99. The molecule has 10 nitrogen and oxygen atoms in total. The number of carbonyl (C=O) groups is 3. The van der Waals surface area contributed by atoms with Crippen LogP contribution >= 0.6 is 11.3 Å². The number of likely N-dealkylation sites (tertiary alicyclic amines) is 1. The van der Waals surface area contributed by atoms with Crippen molar-refractivity contribution in [2.24, 2.45) is 5.18 Å². The van der Waals surface area contributed by atoms with Crippen molar-refractivity contribution < 1.29 is 23.9 Å². The van der Waals surface area contributed by atoms with Gasteiger partial charge in [0.1, 0.15) is 27.8 Å². The second kappa shape index (κ2) is 9.23. The van der Waals surface area contributed by atoms with Crippen LogP contribution in [0.2, 0.25) is 0 Å². The summed E-state index contributed by atoms with van der Waals surface area (Å²) in [5.41, 5.74) is 0.246. The third-order valence-corrected chi connectivity index (χ3v) is 7.84. The van der Waals surface area contributed by atoms with E-state index in [9.17, 15) is 19.3 Å². The number of hydrogen-bond donors (Lipinski definition) is 2. The van der Waals surface area contributed by atoms with Crippen LogP contribution in [0.15, 0.2) is 41.6 Å². The van der Waals surface area contributed by atoms with E-state index in [0.29, 0.717) is 58.9 Å². The molecule has 3 heterocycles. The van der Waals surface area contributed by atoms with Crippen LogP contribution in [-0.2, 0) is 0 Å². The van der Waals surface area contributed by atoms with Gasteiger partial charge in [-0.1, -0.05) is 12.1 Å². The van der Waals surface area contributed by atoms with Gasteiger partial charge in [0, 0.05) is 38.4 Å². The fourth-order valence-corrected chi connectivity index (χ4v) is 5.99. The lowest BCUT2D eigenvalue weighted by Gasteiger charge is -2.44. The molecule has 1 spiro atoms. The molecular formula is C25H24N4O6S. The molecule has 1 saturated heterocycles. The molecule has 1 fully saturated rings. The summed E-state index contributed by atoms with van der Waals surface area (Å²) in [5, 5.41) is 9.33. The van der Waals surface area contributed by atoms with Gasteiger partial charge in [0.25, 0.3) is 5.91 Å². The Morgan fingerprint density at radius 1 is 1.19 bits per heavy atom. The smallest absolute Gasteiger partial charge is 0.319 e. The van der Waals surface area contributed by atoms with E-state index >= 15 is 0 Å². The number of hydrogen-bond acceptors (Lipinski definition) is 8. The number of Topliss-reactive ketones (excluding diaryl/α,β-unsaturated/α-hetero) is 1. The number of methoxy groups -OCH3 is 1. The van der Waals surface area contributed by atoms with Gasteiger partial charge >= 0.3 is 6.03 Å². The van der Waals surface area contributed by atoms with Crippen molar-refractivity contribution in [3.05, 3.63) is 52.4 Å². The van der Waals surface area contributed by atoms with E-state index in [1.54, 1.807) is 18.1 Å². The van der Waals surface area contributed by atoms with Crippen LogP contribution < -0.4 is 20.1 Å². The molecule has 186 valence electrons. The van der Waals surface area contributed by atoms with Crippen molar-refractivity contribution in [1.29, 1.82) is 0 Å². The number of amides is 3. The molecule has 36 heavy (non-hydrogen) atoms. The highest BCUT2D eigenvalue weighted by molar-refractivity contribution is 7.23.